The lowest BCUT2D eigenvalue weighted by Gasteiger charge is -2.11. The fraction of sp³-hybridized carbons (Fsp3) is 0.278. The van der Waals surface area contributed by atoms with E-state index in [0.29, 0.717) is 0 Å². The third-order valence-corrected chi connectivity index (χ3v) is 5.01. The molecule has 0 N–H and O–H groups in total. The minimum atomic E-state index is 1.07. The Morgan fingerprint density at radius 1 is 1.05 bits per heavy atom. The van der Waals surface area contributed by atoms with Crippen molar-refractivity contribution in [1.29, 1.82) is 0 Å². The second kappa shape index (κ2) is 5.02. The summed E-state index contributed by atoms with van der Waals surface area (Å²) in [6.07, 6.45) is 6.32. The molecule has 2 heteroatoms. The van der Waals surface area contributed by atoms with Crippen molar-refractivity contribution in [2.45, 2.75) is 25.8 Å². The molecule has 0 saturated heterocycles. The first kappa shape index (κ1) is 12.1. The lowest BCUT2D eigenvalue weighted by atomic mass is 9.95. The summed E-state index contributed by atoms with van der Waals surface area (Å²) in [5.41, 5.74) is 7.16. The number of benzene rings is 1. The normalized spacial score (nSPS) is 18.1. The molecule has 4 rings (SSSR count). The number of hydrogen-bond donors (Lipinski definition) is 0. The molecule has 3 heterocycles. The Balaban J connectivity index is 1.93. The summed E-state index contributed by atoms with van der Waals surface area (Å²) in [6.45, 7) is 2.27. The topological polar surface area (TPSA) is 3.01 Å². The van der Waals surface area contributed by atoms with Gasteiger partial charge in [-0.1, -0.05) is 24.3 Å². The lowest BCUT2D eigenvalue weighted by Crippen LogP contribution is -2.24. The quantitative estimate of drug-likeness (QED) is 0.684. The zero-order valence-electron chi connectivity index (χ0n) is 11.5. The summed E-state index contributed by atoms with van der Waals surface area (Å²) < 4.78 is 2.57. The van der Waals surface area contributed by atoms with Crippen LogP contribution < -0.4 is 0 Å². The monoisotopic (exact) mass is 280 g/mol. The minimum absolute atomic E-state index is 1.07. The van der Waals surface area contributed by atoms with Gasteiger partial charge in [0.1, 0.15) is 6.54 Å². The maximum atomic E-state index is 2.57. The van der Waals surface area contributed by atoms with Gasteiger partial charge < -0.3 is 0 Å². The molecule has 0 atom stereocenters. The van der Waals surface area contributed by atoms with E-state index >= 15 is 0 Å². The van der Waals surface area contributed by atoms with Crippen molar-refractivity contribution in [2.24, 2.45) is 0 Å². The van der Waals surface area contributed by atoms with Crippen LogP contribution in [0, 0.1) is 0 Å². The van der Waals surface area contributed by atoms with Gasteiger partial charge in [-0.25, -0.2) is 4.58 Å². The number of thiophene rings is 1. The third-order valence-electron chi connectivity index (χ3n) is 4.33. The van der Waals surface area contributed by atoms with Crippen molar-refractivity contribution >= 4 is 22.6 Å². The van der Waals surface area contributed by atoms with Crippen LogP contribution >= 0.6 is 11.3 Å². The van der Waals surface area contributed by atoms with Crippen LogP contribution in [0.3, 0.4) is 0 Å². The van der Waals surface area contributed by atoms with Crippen LogP contribution in [0.15, 0.2) is 47.2 Å². The smallest absolute Gasteiger partial charge is 0.176 e. The van der Waals surface area contributed by atoms with Crippen molar-refractivity contribution < 1.29 is 4.58 Å². The first-order valence-electron chi connectivity index (χ1n) is 7.35. The first-order valence-corrected chi connectivity index (χ1v) is 8.29. The van der Waals surface area contributed by atoms with E-state index in [1.165, 1.54) is 53.8 Å². The van der Waals surface area contributed by atoms with Crippen molar-refractivity contribution in [3.05, 3.63) is 63.9 Å². The van der Waals surface area contributed by atoms with Gasteiger partial charge >= 0.3 is 0 Å². The Labute approximate surface area is 123 Å². The zero-order chi connectivity index (χ0) is 13.4. The van der Waals surface area contributed by atoms with Gasteiger partial charge in [-0.15, -0.1) is 0 Å². The van der Waals surface area contributed by atoms with Crippen molar-refractivity contribution in [3.8, 4) is 0 Å². The molecule has 2 aromatic rings. The molecule has 2 aliphatic heterocycles. The summed E-state index contributed by atoms with van der Waals surface area (Å²) in [7, 11) is 0. The average Bonchev–Trinajstić information content (AvgIpc) is 2.96. The number of nitrogens with zero attached hydrogens (tertiary/aromatic N) is 1. The van der Waals surface area contributed by atoms with E-state index in [4.69, 9.17) is 0 Å². The third kappa shape index (κ3) is 2.04. The maximum Gasteiger partial charge on any atom is 0.176 e. The molecule has 0 amide bonds. The highest BCUT2D eigenvalue weighted by atomic mass is 32.1. The van der Waals surface area contributed by atoms with E-state index in [1.54, 1.807) is 11.3 Å². The number of rotatable bonds is 1. The molecule has 1 nitrogen and oxygen atoms in total. The molecule has 1 aromatic carbocycles. The van der Waals surface area contributed by atoms with E-state index < -0.39 is 0 Å². The number of allylic oxidation sites excluding steroid dienone is 1. The number of fused-ring (bicyclic) bond motifs is 1. The first-order chi connectivity index (χ1) is 9.92. The van der Waals surface area contributed by atoms with Crippen molar-refractivity contribution in [3.63, 3.8) is 0 Å². The fourth-order valence-electron chi connectivity index (χ4n) is 3.28. The van der Waals surface area contributed by atoms with Crippen molar-refractivity contribution in [1.82, 2.24) is 0 Å². The SMILES string of the molecule is C1=C(c2ccsc2)c2ccccc2C[N+]2=C1CCCC2. The Bertz CT molecular complexity index is 692. The maximum absolute atomic E-state index is 2.57. The predicted molar refractivity (Wildman–Crippen MR) is 85.5 cm³/mol. The van der Waals surface area contributed by atoms with Gasteiger partial charge in [0.25, 0.3) is 0 Å². The van der Waals surface area contributed by atoms with Gasteiger partial charge in [-0.3, -0.25) is 0 Å². The van der Waals surface area contributed by atoms with Gasteiger partial charge in [-0.05, 0) is 39.9 Å². The van der Waals surface area contributed by atoms with E-state index in [2.05, 4.69) is 51.7 Å². The van der Waals surface area contributed by atoms with Gasteiger partial charge in [0.15, 0.2) is 12.3 Å². The zero-order valence-corrected chi connectivity index (χ0v) is 12.3. The van der Waals surface area contributed by atoms with Gasteiger partial charge in [0.2, 0.25) is 0 Å². The summed E-state index contributed by atoms with van der Waals surface area (Å²) in [5.74, 6) is 0. The van der Waals surface area contributed by atoms with Crippen LogP contribution in [0.4, 0.5) is 0 Å². The van der Waals surface area contributed by atoms with E-state index in [1.807, 2.05) is 0 Å². The summed E-state index contributed by atoms with van der Waals surface area (Å²) >= 11 is 1.78. The minimum Gasteiger partial charge on any atom is -0.229 e. The Morgan fingerprint density at radius 3 is 2.90 bits per heavy atom. The van der Waals surface area contributed by atoms with E-state index in [9.17, 15) is 0 Å². The highest BCUT2D eigenvalue weighted by Gasteiger charge is 2.25. The molecule has 20 heavy (non-hydrogen) atoms. The molecule has 0 unspecified atom stereocenters. The highest BCUT2D eigenvalue weighted by Crippen LogP contribution is 2.31. The van der Waals surface area contributed by atoms with Crippen LogP contribution in [0.25, 0.3) is 5.57 Å². The van der Waals surface area contributed by atoms with Gasteiger partial charge in [0.05, 0.1) is 0 Å². The lowest BCUT2D eigenvalue weighted by molar-refractivity contribution is -0.548. The van der Waals surface area contributed by atoms with Crippen LogP contribution in [-0.4, -0.2) is 16.8 Å². The molecule has 2 aliphatic rings. The summed E-state index contributed by atoms with van der Waals surface area (Å²) in [5, 5.41) is 4.44. The molecule has 1 aromatic heterocycles. The molecular weight excluding hydrogens is 262 g/mol. The van der Waals surface area contributed by atoms with Crippen LogP contribution in [0.1, 0.15) is 36.0 Å². The van der Waals surface area contributed by atoms with Crippen molar-refractivity contribution in [2.75, 3.05) is 6.54 Å². The molecule has 0 bridgehead atoms. The van der Waals surface area contributed by atoms with Crippen LogP contribution in [-0.2, 0) is 6.54 Å². The van der Waals surface area contributed by atoms with E-state index in [0.717, 1.165) is 6.54 Å². The molecule has 0 spiro atoms. The molecule has 100 valence electrons. The molecule has 0 saturated carbocycles. The second-order valence-electron chi connectivity index (χ2n) is 5.60. The van der Waals surface area contributed by atoms with Gasteiger partial charge in [0, 0.05) is 24.5 Å². The summed E-state index contributed by atoms with van der Waals surface area (Å²) in [6, 6.07) is 11.1. The molecule has 0 fully saturated rings. The predicted octanol–water partition coefficient (Wildman–Crippen LogP) is 4.33. The average molecular weight is 280 g/mol. The summed E-state index contributed by atoms with van der Waals surface area (Å²) in [4.78, 5) is 0. The molecule has 0 aliphatic carbocycles. The standard InChI is InChI=1S/C18H18NS/c1-2-7-17-14(5-1)12-19-9-4-3-6-16(19)11-18(17)15-8-10-20-13-15/h1-2,5,7-8,10-11,13H,3-4,6,9,12H2/q+1. The molecular formula is C18H18NS+. The Kier molecular flexibility index (Phi) is 3.04. The largest absolute Gasteiger partial charge is 0.229 e. The fourth-order valence-corrected chi connectivity index (χ4v) is 3.94. The molecule has 0 radical (unpaired) electrons. The Morgan fingerprint density at radius 2 is 2.00 bits per heavy atom. The van der Waals surface area contributed by atoms with Crippen LogP contribution in [0.5, 0.6) is 0 Å². The Hall–Kier alpha value is -1.67. The van der Waals surface area contributed by atoms with Crippen LogP contribution in [0.2, 0.25) is 0 Å². The van der Waals surface area contributed by atoms with Gasteiger partial charge in [-0.2, -0.15) is 11.3 Å². The van der Waals surface area contributed by atoms with E-state index in [-0.39, 0.29) is 0 Å². The second-order valence-corrected chi connectivity index (χ2v) is 6.38. The number of hydrogen-bond acceptors (Lipinski definition) is 1. The highest BCUT2D eigenvalue weighted by molar-refractivity contribution is 7.08.